The van der Waals surface area contributed by atoms with Crippen molar-refractivity contribution in [1.82, 2.24) is 0 Å². The van der Waals surface area contributed by atoms with E-state index in [0.717, 1.165) is 40.9 Å². The molecule has 2 heteroatoms. The third-order valence-electron chi connectivity index (χ3n) is 3.69. The molecule has 0 spiro atoms. The number of para-hydroxylation sites is 1. The smallest absolute Gasteiger partial charge is 0.152 e. The summed E-state index contributed by atoms with van der Waals surface area (Å²) in [6.07, 6.45) is -0.0675. The topological polar surface area (TPSA) is 12.0 Å². The lowest BCUT2D eigenvalue weighted by atomic mass is 9.96. The van der Waals surface area contributed by atoms with Crippen molar-refractivity contribution in [3.05, 3.63) is 64.2 Å². The zero-order valence-electron chi connectivity index (χ0n) is 11.3. The monoisotopic (exact) mass is 255 g/mol. The molecule has 1 aliphatic rings. The van der Waals surface area contributed by atoms with Crippen LogP contribution in [-0.4, -0.2) is 6.54 Å². The van der Waals surface area contributed by atoms with Crippen LogP contribution < -0.4 is 5.32 Å². The van der Waals surface area contributed by atoms with Gasteiger partial charge in [0.25, 0.3) is 0 Å². The van der Waals surface area contributed by atoms with Crippen molar-refractivity contribution < 1.29 is 4.39 Å². The first-order valence-electron chi connectivity index (χ1n) is 6.73. The van der Waals surface area contributed by atoms with Crippen LogP contribution in [0.25, 0.3) is 0 Å². The van der Waals surface area contributed by atoms with E-state index in [1.807, 2.05) is 38.1 Å². The van der Waals surface area contributed by atoms with Gasteiger partial charge in [-0.05, 0) is 31.4 Å². The molecule has 0 saturated carbocycles. The predicted molar refractivity (Wildman–Crippen MR) is 77.5 cm³/mol. The highest BCUT2D eigenvalue weighted by atomic mass is 19.1. The van der Waals surface area contributed by atoms with Crippen LogP contribution in [0.15, 0.2) is 36.4 Å². The molecule has 0 amide bonds. The highest BCUT2D eigenvalue weighted by Gasteiger charge is 2.21. The van der Waals surface area contributed by atoms with Crippen molar-refractivity contribution in [2.45, 2.75) is 26.4 Å². The molecule has 0 fully saturated rings. The molecule has 2 aromatic carbocycles. The molecule has 1 N–H and O–H groups in total. The van der Waals surface area contributed by atoms with E-state index in [0.29, 0.717) is 0 Å². The van der Waals surface area contributed by atoms with Crippen LogP contribution in [0.3, 0.4) is 0 Å². The van der Waals surface area contributed by atoms with E-state index in [2.05, 4.69) is 17.4 Å². The first kappa shape index (κ1) is 12.2. The van der Waals surface area contributed by atoms with E-state index < -0.39 is 6.17 Å². The van der Waals surface area contributed by atoms with Crippen LogP contribution >= 0.6 is 0 Å². The molecule has 0 saturated heterocycles. The molecular weight excluding hydrogens is 237 g/mol. The Morgan fingerprint density at radius 1 is 1.11 bits per heavy atom. The third-order valence-corrected chi connectivity index (χ3v) is 3.69. The fourth-order valence-corrected chi connectivity index (χ4v) is 2.91. The maximum atomic E-state index is 14.8. The number of fused-ring (bicyclic) bond motifs is 1. The summed E-state index contributed by atoms with van der Waals surface area (Å²) in [5, 5.41) is 3.31. The van der Waals surface area contributed by atoms with Crippen molar-refractivity contribution in [2.75, 3.05) is 11.9 Å². The van der Waals surface area contributed by atoms with Gasteiger partial charge >= 0.3 is 0 Å². The number of aryl methyl sites for hydroxylation is 2. The molecule has 19 heavy (non-hydrogen) atoms. The third kappa shape index (κ3) is 2.23. The molecule has 98 valence electrons. The zero-order chi connectivity index (χ0) is 13.4. The second-order valence-electron chi connectivity index (χ2n) is 5.34. The summed E-state index contributed by atoms with van der Waals surface area (Å²) in [7, 11) is 0. The maximum absolute atomic E-state index is 14.8. The summed E-state index contributed by atoms with van der Waals surface area (Å²) < 4.78 is 14.8. The van der Waals surface area contributed by atoms with E-state index in [1.54, 1.807) is 0 Å². The number of benzene rings is 2. The quantitative estimate of drug-likeness (QED) is 0.842. The van der Waals surface area contributed by atoms with Crippen molar-refractivity contribution in [2.24, 2.45) is 0 Å². The molecule has 3 rings (SSSR count). The van der Waals surface area contributed by atoms with Gasteiger partial charge in [0.2, 0.25) is 0 Å². The minimum absolute atomic E-state index is 0.750. The van der Waals surface area contributed by atoms with Crippen LogP contribution in [0.1, 0.15) is 34.0 Å². The molecule has 0 aliphatic carbocycles. The zero-order valence-corrected chi connectivity index (χ0v) is 11.3. The lowest BCUT2D eigenvalue weighted by molar-refractivity contribution is 0.402. The number of rotatable bonds is 2. The molecule has 1 unspecified atom stereocenters. The first-order valence-corrected chi connectivity index (χ1v) is 6.73. The summed E-state index contributed by atoms with van der Waals surface area (Å²) in [6, 6.07) is 11.9. The molecule has 1 aliphatic heterocycles. The van der Waals surface area contributed by atoms with E-state index in [1.165, 1.54) is 5.56 Å². The second kappa shape index (κ2) is 4.69. The Morgan fingerprint density at radius 3 is 2.58 bits per heavy atom. The Labute approximate surface area is 113 Å². The van der Waals surface area contributed by atoms with E-state index >= 15 is 0 Å². The molecule has 2 aromatic rings. The largest absolute Gasteiger partial charge is 0.384 e. The molecule has 0 aromatic heterocycles. The molecular formula is C17H18FN. The lowest BCUT2D eigenvalue weighted by Gasteiger charge is -2.15. The van der Waals surface area contributed by atoms with Gasteiger partial charge in [0.1, 0.15) is 0 Å². The van der Waals surface area contributed by atoms with Crippen LogP contribution in [0.4, 0.5) is 10.1 Å². The van der Waals surface area contributed by atoms with Gasteiger partial charge in [-0.15, -0.1) is 0 Å². The summed E-state index contributed by atoms with van der Waals surface area (Å²) in [5.41, 5.74) is 5.95. The number of hydrogen-bond donors (Lipinski definition) is 1. The van der Waals surface area contributed by atoms with Gasteiger partial charge in [-0.3, -0.25) is 0 Å². The number of anilines is 1. The Hall–Kier alpha value is -1.83. The minimum atomic E-state index is -1.06. The van der Waals surface area contributed by atoms with Crippen LogP contribution in [0.2, 0.25) is 0 Å². The Morgan fingerprint density at radius 2 is 1.84 bits per heavy atom. The fourth-order valence-electron chi connectivity index (χ4n) is 2.91. The van der Waals surface area contributed by atoms with Crippen LogP contribution in [-0.2, 0) is 6.42 Å². The molecule has 1 atom stereocenters. The molecule has 1 nitrogen and oxygen atoms in total. The summed E-state index contributed by atoms with van der Waals surface area (Å²) in [4.78, 5) is 0. The van der Waals surface area contributed by atoms with Gasteiger partial charge in [-0.2, -0.15) is 0 Å². The molecule has 0 radical (unpaired) electrons. The Balaban J connectivity index is 2.04. The average Bonchev–Trinajstić information content (AvgIpc) is 2.84. The van der Waals surface area contributed by atoms with Crippen molar-refractivity contribution in [3.8, 4) is 0 Å². The summed E-state index contributed by atoms with van der Waals surface area (Å²) in [6.45, 7) is 4.93. The van der Waals surface area contributed by atoms with Gasteiger partial charge < -0.3 is 5.32 Å². The average molecular weight is 255 g/mol. The SMILES string of the molecule is Cc1cc(C)cc(C(F)c2cccc3c2NCC3)c1. The molecule has 0 bridgehead atoms. The highest BCUT2D eigenvalue weighted by molar-refractivity contribution is 5.63. The second-order valence-corrected chi connectivity index (χ2v) is 5.34. The van der Waals surface area contributed by atoms with E-state index in [4.69, 9.17) is 0 Å². The van der Waals surface area contributed by atoms with Crippen molar-refractivity contribution in [1.29, 1.82) is 0 Å². The fraction of sp³-hybridized carbons (Fsp3) is 0.294. The van der Waals surface area contributed by atoms with Gasteiger partial charge in [0, 0.05) is 17.8 Å². The highest BCUT2D eigenvalue weighted by Crippen LogP contribution is 2.36. The minimum Gasteiger partial charge on any atom is -0.384 e. The first-order chi connectivity index (χ1) is 9.15. The number of halogens is 1. The van der Waals surface area contributed by atoms with Gasteiger partial charge in [0.05, 0.1) is 0 Å². The van der Waals surface area contributed by atoms with E-state index in [9.17, 15) is 4.39 Å². The van der Waals surface area contributed by atoms with Gasteiger partial charge in [-0.25, -0.2) is 4.39 Å². The number of nitrogens with one attached hydrogen (secondary N) is 1. The van der Waals surface area contributed by atoms with E-state index in [-0.39, 0.29) is 0 Å². The summed E-state index contributed by atoms with van der Waals surface area (Å²) in [5.74, 6) is 0. The van der Waals surface area contributed by atoms with Crippen molar-refractivity contribution >= 4 is 5.69 Å². The normalized spacial score (nSPS) is 14.9. The van der Waals surface area contributed by atoms with Crippen molar-refractivity contribution in [3.63, 3.8) is 0 Å². The number of hydrogen-bond acceptors (Lipinski definition) is 1. The molecule has 1 heterocycles. The Kier molecular flexibility index (Phi) is 3.02. The standard InChI is InChI=1S/C17H18FN/c1-11-8-12(2)10-14(9-11)16(18)15-5-3-4-13-6-7-19-17(13)15/h3-5,8-10,16,19H,6-7H2,1-2H3. The van der Waals surface area contributed by atoms with Crippen LogP contribution in [0, 0.1) is 13.8 Å². The summed E-state index contributed by atoms with van der Waals surface area (Å²) >= 11 is 0. The van der Waals surface area contributed by atoms with Crippen LogP contribution in [0.5, 0.6) is 0 Å². The number of alkyl halides is 1. The lowest BCUT2D eigenvalue weighted by Crippen LogP contribution is -2.01. The predicted octanol–water partition coefficient (Wildman–Crippen LogP) is 4.33. The van der Waals surface area contributed by atoms with Gasteiger partial charge in [-0.1, -0.05) is 47.5 Å². The Bertz CT molecular complexity index is 598. The van der Waals surface area contributed by atoms with Gasteiger partial charge in [0.15, 0.2) is 6.17 Å². The maximum Gasteiger partial charge on any atom is 0.152 e.